The van der Waals surface area contributed by atoms with Crippen LogP contribution in [0.2, 0.25) is 0 Å². The van der Waals surface area contributed by atoms with Crippen molar-refractivity contribution in [3.63, 3.8) is 0 Å². The quantitative estimate of drug-likeness (QED) is 0.659. The van der Waals surface area contributed by atoms with E-state index in [1.165, 1.54) is 6.92 Å². The Kier molecular flexibility index (Phi) is 1.99. The first-order valence-corrected chi connectivity index (χ1v) is 3.72. The van der Waals surface area contributed by atoms with Crippen molar-refractivity contribution >= 4 is 21.8 Å². The van der Waals surface area contributed by atoms with E-state index in [9.17, 15) is 9.59 Å². The Morgan fingerprint density at radius 2 is 2.18 bits per heavy atom. The first kappa shape index (κ1) is 8.26. The fraction of sp³-hybridized carbons (Fsp3) is 0.333. The highest BCUT2D eigenvalue weighted by Crippen LogP contribution is 2.09. The van der Waals surface area contributed by atoms with Gasteiger partial charge in [0.25, 0.3) is 5.91 Å². The zero-order valence-corrected chi connectivity index (χ0v) is 7.64. The van der Waals surface area contributed by atoms with Gasteiger partial charge in [-0.2, -0.15) is 0 Å². The van der Waals surface area contributed by atoms with Crippen molar-refractivity contribution in [2.45, 2.75) is 13.8 Å². The lowest BCUT2D eigenvalue weighted by atomic mass is 10.5. The van der Waals surface area contributed by atoms with Gasteiger partial charge in [0, 0.05) is 6.92 Å². The van der Waals surface area contributed by atoms with Gasteiger partial charge in [0.15, 0.2) is 0 Å². The zero-order chi connectivity index (χ0) is 8.59. The lowest BCUT2D eigenvalue weighted by molar-refractivity contribution is 0.0807. The fourth-order valence-electron chi connectivity index (χ4n) is 0.665. The predicted octanol–water partition coefficient (Wildman–Crippen LogP) is 1.17. The largest absolute Gasteiger partial charge is 0.372 e. The SMILES string of the molecule is CC(=O)n1oc(C)c(Br)c1=O. The number of aromatic nitrogens is 1. The third-order valence-electron chi connectivity index (χ3n) is 1.20. The van der Waals surface area contributed by atoms with Crippen molar-refractivity contribution < 1.29 is 9.32 Å². The normalized spacial score (nSPS) is 10.1. The Labute approximate surface area is 70.9 Å². The molecule has 60 valence electrons. The number of carbonyl (C=O) groups is 1. The minimum Gasteiger partial charge on any atom is -0.372 e. The number of hydrogen-bond donors (Lipinski definition) is 0. The summed E-state index contributed by atoms with van der Waals surface area (Å²) in [5.41, 5.74) is -0.449. The molecule has 11 heavy (non-hydrogen) atoms. The number of nitrogens with zero attached hydrogens (tertiary/aromatic N) is 1. The van der Waals surface area contributed by atoms with E-state index < -0.39 is 11.5 Å². The average Bonchev–Trinajstić information content (AvgIpc) is 2.17. The van der Waals surface area contributed by atoms with Crippen LogP contribution in [0.4, 0.5) is 0 Å². The van der Waals surface area contributed by atoms with E-state index in [0.717, 1.165) is 0 Å². The minimum absolute atomic E-state index is 0.299. The van der Waals surface area contributed by atoms with Crippen LogP contribution in [0.5, 0.6) is 0 Å². The molecule has 0 atom stereocenters. The molecule has 0 saturated carbocycles. The Balaban J connectivity index is 3.42. The van der Waals surface area contributed by atoms with E-state index in [-0.39, 0.29) is 0 Å². The second-order valence-corrected chi connectivity index (χ2v) is 2.87. The molecule has 0 spiro atoms. The van der Waals surface area contributed by atoms with Gasteiger partial charge in [-0.25, -0.2) is 0 Å². The highest BCUT2D eigenvalue weighted by atomic mass is 79.9. The van der Waals surface area contributed by atoms with Gasteiger partial charge in [0.05, 0.1) is 0 Å². The molecule has 0 amide bonds. The summed E-state index contributed by atoms with van der Waals surface area (Å²) in [6.45, 7) is 2.86. The molecule has 0 aliphatic carbocycles. The summed E-state index contributed by atoms with van der Waals surface area (Å²) in [6, 6.07) is 0. The summed E-state index contributed by atoms with van der Waals surface area (Å²) in [4.78, 5) is 21.7. The highest BCUT2D eigenvalue weighted by molar-refractivity contribution is 9.10. The van der Waals surface area contributed by atoms with Gasteiger partial charge in [-0.1, -0.05) is 0 Å². The van der Waals surface area contributed by atoms with Crippen LogP contribution in [0.3, 0.4) is 0 Å². The number of carbonyl (C=O) groups excluding carboxylic acids is 1. The Morgan fingerprint density at radius 3 is 2.36 bits per heavy atom. The predicted molar refractivity (Wildman–Crippen MR) is 41.7 cm³/mol. The molecule has 0 saturated heterocycles. The summed E-state index contributed by atoms with van der Waals surface area (Å²) in [5, 5.41) is 0. The van der Waals surface area contributed by atoms with E-state index >= 15 is 0 Å². The standard InChI is InChI=1S/C6H6BrNO3/c1-3-5(7)6(10)8(11-3)4(2)9/h1-2H3. The summed E-state index contributed by atoms with van der Waals surface area (Å²) in [5.74, 6) is -0.0194. The number of halogens is 1. The third kappa shape index (κ3) is 1.28. The smallest absolute Gasteiger partial charge is 0.304 e. The van der Waals surface area contributed by atoms with Gasteiger partial charge in [0.1, 0.15) is 10.2 Å². The van der Waals surface area contributed by atoms with Crippen molar-refractivity contribution in [1.82, 2.24) is 4.74 Å². The molecule has 0 fully saturated rings. The maximum atomic E-state index is 11.0. The maximum absolute atomic E-state index is 11.0. The molecule has 1 rings (SSSR count). The van der Waals surface area contributed by atoms with E-state index in [1.54, 1.807) is 6.92 Å². The molecule has 0 bridgehead atoms. The third-order valence-corrected chi connectivity index (χ3v) is 2.09. The zero-order valence-electron chi connectivity index (χ0n) is 6.05. The van der Waals surface area contributed by atoms with Crippen LogP contribution in [0.1, 0.15) is 17.5 Å². The van der Waals surface area contributed by atoms with Crippen LogP contribution in [0.25, 0.3) is 0 Å². The first-order chi connectivity index (χ1) is 5.04. The number of rotatable bonds is 0. The highest BCUT2D eigenvalue weighted by Gasteiger charge is 2.12. The van der Waals surface area contributed by atoms with E-state index in [0.29, 0.717) is 15.0 Å². The molecular weight excluding hydrogens is 214 g/mol. The molecule has 1 heterocycles. The molecule has 0 aliphatic heterocycles. The summed E-state index contributed by atoms with van der Waals surface area (Å²) in [7, 11) is 0. The van der Waals surface area contributed by atoms with Crippen LogP contribution < -0.4 is 5.56 Å². The van der Waals surface area contributed by atoms with Gasteiger partial charge < -0.3 is 4.52 Å². The van der Waals surface area contributed by atoms with Crippen LogP contribution in [0, 0.1) is 6.92 Å². The molecule has 1 aromatic heterocycles. The molecule has 0 aromatic carbocycles. The fourth-order valence-corrected chi connectivity index (χ4v) is 0.899. The summed E-state index contributed by atoms with van der Waals surface area (Å²) < 4.78 is 5.82. The van der Waals surface area contributed by atoms with Crippen LogP contribution in [0.15, 0.2) is 13.8 Å². The molecule has 0 aliphatic rings. The van der Waals surface area contributed by atoms with E-state index in [1.807, 2.05) is 0 Å². The monoisotopic (exact) mass is 219 g/mol. The van der Waals surface area contributed by atoms with Crippen molar-refractivity contribution in [1.29, 1.82) is 0 Å². The number of hydrogen-bond acceptors (Lipinski definition) is 3. The average molecular weight is 220 g/mol. The molecule has 0 N–H and O–H groups in total. The molecule has 0 radical (unpaired) electrons. The van der Waals surface area contributed by atoms with E-state index in [2.05, 4.69) is 15.9 Å². The van der Waals surface area contributed by atoms with Gasteiger partial charge in [0.2, 0.25) is 0 Å². The summed E-state index contributed by atoms with van der Waals surface area (Å²) in [6.07, 6.45) is 0. The lowest BCUT2D eigenvalue weighted by Crippen LogP contribution is -2.19. The van der Waals surface area contributed by atoms with Crippen molar-refractivity contribution in [3.05, 3.63) is 20.6 Å². The maximum Gasteiger partial charge on any atom is 0.304 e. The minimum atomic E-state index is -0.449. The molecule has 1 aromatic rings. The molecular formula is C6H6BrNO3. The topological polar surface area (TPSA) is 52.2 Å². The van der Waals surface area contributed by atoms with Crippen molar-refractivity contribution in [2.24, 2.45) is 0 Å². The van der Waals surface area contributed by atoms with Gasteiger partial charge >= 0.3 is 5.56 Å². The Hall–Kier alpha value is -0.840. The van der Waals surface area contributed by atoms with Gasteiger partial charge in [-0.15, -0.1) is 4.74 Å². The van der Waals surface area contributed by atoms with E-state index in [4.69, 9.17) is 4.52 Å². The number of aryl methyl sites for hydroxylation is 1. The van der Waals surface area contributed by atoms with Gasteiger partial charge in [-0.3, -0.25) is 9.59 Å². The summed E-state index contributed by atoms with van der Waals surface area (Å²) >= 11 is 2.99. The van der Waals surface area contributed by atoms with Crippen LogP contribution in [-0.2, 0) is 0 Å². The van der Waals surface area contributed by atoms with Crippen LogP contribution >= 0.6 is 15.9 Å². The van der Waals surface area contributed by atoms with Crippen LogP contribution in [-0.4, -0.2) is 10.6 Å². The van der Waals surface area contributed by atoms with Gasteiger partial charge in [-0.05, 0) is 22.9 Å². The second kappa shape index (κ2) is 2.65. The first-order valence-electron chi connectivity index (χ1n) is 2.93. The molecule has 5 heteroatoms. The molecule has 0 unspecified atom stereocenters. The Bertz CT molecular complexity index is 349. The Morgan fingerprint density at radius 1 is 1.64 bits per heavy atom. The van der Waals surface area contributed by atoms with Crippen molar-refractivity contribution in [2.75, 3.05) is 0 Å². The van der Waals surface area contributed by atoms with Crippen molar-refractivity contribution in [3.8, 4) is 0 Å². The molecule has 4 nitrogen and oxygen atoms in total. The lowest BCUT2D eigenvalue weighted by Gasteiger charge is -1.87. The second-order valence-electron chi connectivity index (χ2n) is 2.08.